The molecule has 2 N–H and O–H groups in total. The van der Waals surface area contributed by atoms with Crippen molar-refractivity contribution >= 4 is 19.9 Å². The summed E-state index contributed by atoms with van der Waals surface area (Å²) in [6.45, 7) is 1.71. The van der Waals surface area contributed by atoms with Gasteiger partial charge in [0.15, 0.2) is 0 Å². The van der Waals surface area contributed by atoms with Crippen LogP contribution in [0.25, 0.3) is 0 Å². The molecule has 19 heavy (non-hydrogen) atoms. The minimum atomic E-state index is -3.30. The molecule has 0 spiro atoms. The topological polar surface area (TPSA) is 92.3 Å². The average molecular weight is 310 g/mol. The van der Waals surface area contributed by atoms with Crippen LogP contribution in [0, 0.1) is 5.92 Å². The van der Waals surface area contributed by atoms with E-state index in [-0.39, 0.29) is 29.2 Å². The lowest BCUT2D eigenvalue weighted by Gasteiger charge is -2.26. The molecule has 2 saturated heterocycles. The van der Waals surface area contributed by atoms with E-state index in [1.165, 1.54) is 0 Å². The Morgan fingerprint density at radius 3 is 2.42 bits per heavy atom. The van der Waals surface area contributed by atoms with Crippen LogP contribution in [0.2, 0.25) is 0 Å². The van der Waals surface area contributed by atoms with Gasteiger partial charge in [-0.15, -0.1) is 0 Å². The molecule has 112 valence electrons. The van der Waals surface area contributed by atoms with Crippen LogP contribution in [0.15, 0.2) is 0 Å². The summed E-state index contributed by atoms with van der Waals surface area (Å²) < 4.78 is 49.3. The second-order valence-electron chi connectivity index (χ2n) is 5.54. The Balaban J connectivity index is 1.83. The predicted octanol–water partition coefficient (Wildman–Crippen LogP) is -0.517. The van der Waals surface area contributed by atoms with Gasteiger partial charge in [0, 0.05) is 6.04 Å². The van der Waals surface area contributed by atoms with E-state index in [0.29, 0.717) is 12.8 Å². The fourth-order valence-corrected chi connectivity index (χ4v) is 5.92. The third-order valence-electron chi connectivity index (χ3n) is 3.75. The Hall–Kier alpha value is -0.180. The Labute approximate surface area is 115 Å². The third kappa shape index (κ3) is 5.02. The number of sulfone groups is 1. The fourth-order valence-electron chi connectivity index (χ4n) is 2.69. The molecule has 2 heterocycles. The van der Waals surface area contributed by atoms with Crippen molar-refractivity contribution in [2.45, 2.75) is 31.7 Å². The zero-order chi connectivity index (χ0) is 13.9. The minimum absolute atomic E-state index is 0.0885. The average Bonchev–Trinajstić information content (AvgIpc) is 2.32. The summed E-state index contributed by atoms with van der Waals surface area (Å²) in [5.74, 6) is 0.484. The van der Waals surface area contributed by atoms with Crippen LogP contribution in [0.3, 0.4) is 0 Å². The number of rotatable bonds is 4. The molecule has 0 aromatic heterocycles. The Morgan fingerprint density at radius 2 is 1.84 bits per heavy atom. The van der Waals surface area contributed by atoms with Crippen LogP contribution in [-0.2, 0) is 19.9 Å². The third-order valence-corrected chi connectivity index (χ3v) is 7.07. The molecule has 0 bridgehead atoms. The minimum Gasteiger partial charge on any atom is -0.316 e. The number of sulfonamides is 1. The summed E-state index contributed by atoms with van der Waals surface area (Å²) in [5, 5.41) is 3.20. The maximum atomic E-state index is 12.0. The van der Waals surface area contributed by atoms with Crippen LogP contribution < -0.4 is 10.0 Å². The molecule has 0 saturated carbocycles. The summed E-state index contributed by atoms with van der Waals surface area (Å²) in [7, 11) is -6.25. The highest BCUT2D eigenvalue weighted by Crippen LogP contribution is 2.16. The first-order valence-electron chi connectivity index (χ1n) is 6.77. The van der Waals surface area contributed by atoms with Crippen LogP contribution in [-0.4, -0.2) is 53.2 Å². The van der Waals surface area contributed by atoms with Crippen molar-refractivity contribution in [3.05, 3.63) is 0 Å². The normalized spacial score (nSPS) is 29.2. The summed E-state index contributed by atoms with van der Waals surface area (Å²) >= 11 is 0. The van der Waals surface area contributed by atoms with Crippen molar-refractivity contribution in [2.24, 2.45) is 5.92 Å². The van der Waals surface area contributed by atoms with Gasteiger partial charge in [0.05, 0.1) is 17.3 Å². The van der Waals surface area contributed by atoms with Gasteiger partial charge in [-0.3, -0.25) is 0 Å². The lowest BCUT2D eigenvalue weighted by Crippen LogP contribution is -2.44. The summed E-state index contributed by atoms with van der Waals surface area (Å²) in [4.78, 5) is 0. The van der Waals surface area contributed by atoms with Crippen LogP contribution in [0.1, 0.15) is 25.7 Å². The standard InChI is InChI=1S/C11H22N2O4S2/c14-18(15)6-3-11(4-7-18)13-19(16,17)9-10-2-1-5-12-8-10/h10-13H,1-9H2. The molecule has 0 radical (unpaired) electrons. The quantitative estimate of drug-likeness (QED) is 0.729. The van der Waals surface area contributed by atoms with E-state index < -0.39 is 19.9 Å². The first-order chi connectivity index (χ1) is 8.86. The van der Waals surface area contributed by atoms with E-state index in [0.717, 1.165) is 25.9 Å². The number of piperidine rings is 1. The van der Waals surface area contributed by atoms with Crippen LogP contribution in [0.5, 0.6) is 0 Å². The summed E-state index contributed by atoms with van der Waals surface area (Å²) in [5.41, 5.74) is 0. The molecule has 0 aliphatic carbocycles. The number of nitrogens with one attached hydrogen (secondary N) is 2. The molecule has 0 amide bonds. The van der Waals surface area contributed by atoms with Crippen molar-refractivity contribution < 1.29 is 16.8 Å². The van der Waals surface area contributed by atoms with E-state index in [4.69, 9.17) is 0 Å². The van der Waals surface area contributed by atoms with Gasteiger partial charge >= 0.3 is 0 Å². The fraction of sp³-hybridized carbons (Fsp3) is 1.00. The van der Waals surface area contributed by atoms with Crippen molar-refractivity contribution in [1.82, 2.24) is 10.0 Å². The molecule has 1 atom stereocenters. The molecular weight excluding hydrogens is 288 g/mol. The van der Waals surface area contributed by atoms with Gasteiger partial charge in [-0.25, -0.2) is 21.6 Å². The van der Waals surface area contributed by atoms with Crippen LogP contribution >= 0.6 is 0 Å². The molecule has 8 heteroatoms. The van der Waals surface area contributed by atoms with Crippen molar-refractivity contribution in [2.75, 3.05) is 30.3 Å². The van der Waals surface area contributed by atoms with Gasteiger partial charge in [0.1, 0.15) is 9.84 Å². The van der Waals surface area contributed by atoms with E-state index in [9.17, 15) is 16.8 Å². The van der Waals surface area contributed by atoms with Gasteiger partial charge < -0.3 is 5.32 Å². The van der Waals surface area contributed by atoms with Gasteiger partial charge in [0.2, 0.25) is 10.0 Å². The second-order valence-corrected chi connectivity index (χ2v) is 9.64. The maximum absolute atomic E-state index is 12.0. The molecule has 0 aromatic rings. The van der Waals surface area contributed by atoms with Crippen molar-refractivity contribution in [3.63, 3.8) is 0 Å². The summed E-state index contributed by atoms with van der Waals surface area (Å²) in [6.07, 6.45) is 2.74. The van der Waals surface area contributed by atoms with Crippen LogP contribution in [0.4, 0.5) is 0 Å². The zero-order valence-electron chi connectivity index (χ0n) is 11.0. The molecule has 6 nitrogen and oxygen atoms in total. The lowest BCUT2D eigenvalue weighted by molar-refractivity contribution is 0.400. The van der Waals surface area contributed by atoms with Gasteiger partial charge in [0.25, 0.3) is 0 Å². The second kappa shape index (κ2) is 6.07. The number of hydrogen-bond acceptors (Lipinski definition) is 5. The van der Waals surface area contributed by atoms with E-state index >= 15 is 0 Å². The molecule has 2 aliphatic rings. The summed E-state index contributed by atoms with van der Waals surface area (Å²) in [6, 6.07) is -0.218. The Morgan fingerprint density at radius 1 is 1.16 bits per heavy atom. The number of hydrogen-bond donors (Lipinski definition) is 2. The highest BCUT2D eigenvalue weighted by molar-refractivity contribution is 7.91. The van der Waals surface area contributed by atoms with E-state index in [1.54, 1.807) is 0 Å². The Bertz CT molecular complexity index is 481. The molecule has 2 rings (SSSR count). The van der Waals surface area contributed by atoms with Crippen molar-refractivity contribution in [1.29, 1.82) is 0 Å². The van der Waals surface area contributed by atoms with E-state index in [2.05, 4.69) is 10.0 Å². The molecule has 2 aliphatic heterocycles. The maximum Gasteiger partial charge on any atom is 0.212 e. The Kier molecular flexibility index (Phi) is 4.86. The predicted molar refractivity (Wildman–Crippen MR) is 74.2 cm³/mol. The van der Waals surface area contributed by atoms with Gasteiger partial charge in [-0.1, -0.05) is 0 Å². The van der Waals surface area contributed by atoms with Gasteiger partial charge in [-0.2, -0.15) is 0 Å². The highest BCUT2D eigenvalue weighted by atomic mass is 32.2. The largest absolute Gasteiger partial charge is 0.316 e. The molecular formula is C11H22N2O4S2. The smallest absolute Gasteiger partial charge is 0.212 e. The van der Waals surface area contributed by atoms with Crippen molar-refractivity contribution in [3.8, 4) is 0 Å². The monoisotopic (exact) mass is 310 g/mol. The van der Waals surface area contributed by atoms with E-state index in [1.807, 2.05) is 0 Å². The molecule has 1 unspecified atom stereocenters. The molecule has 2 fully saturated rings. The first kappa shape index (κ1) is 15.2. The highest BCUT2D eigenvalue weighted by Gasteiger charge is 2.28. The first-order valence-corrected chi connectivity index (χ1v) is 10.2. The zero-order valence-corrected chi connectivity index (χ0v) is 12.6. The molecule has 0 aromatic carbocycles. The van der Waals surface area contributed by atoms with Gasteiger partial charge in [-0.05, 0) is 44.7 Å². The lowest BCUT2D eigenvalue weighted by atomic mass is 10.0. The SMILES string of the molecule is O=S1(=O)CCC(NS(=O)(=O)CC2CCCNC2)CC1.